The fourth-order valence-electron chi connectivity index (χ4n) is 3.44. The molecule has 0 aliphatic carbocycles. The Kier molecular flexibility index (Phi) is 9.90. The van der Waals surface area contributed by atoms with Crippen molar-refractivity contribution in [3.05, 3.63) is 48.0 Å². The van der Waals surface area contributed by atoms with E-state index in [1.807, 2.05) is 13.1 Å². The molecule has 1 unspecified atom stereocenters. The molecule has 2 aromatic rings. The summed E-state index contributed by atoms with van der Waals surface area (Å²) in [5, 5.41) is 17.0. The van der Waals surface area contributed by atoms with Gasteiger partial charge < -0.3 is 25.1 Å². The molecule has 3 heterocycles. The molecule has 0 spiro atoms. The number of pyridine rings is 1. The third-order valence-corrected chi connectivity index (χ3v) is 5.16. The van der Waals surface area contributed by atoms with Gasteiger partial charge in [-0.2, -0.15) is 0 Å². The van der Waals surface area contributed by atoms with Crippen LogP contribution in [0.5, 0.6) is 0 Å². The Morgan fingerprint density at radius 3 is 2.57 bits per heavy atom. The molecule has 8 heteroatoms. The van der Waals surface area contributed by atoms with Crippen molar-refractivity contribution in [3.63, 3.8) is 0 Å². The lowest BCUT2D eigenvalue weighted by molar-refractivity contribution is 0.0386. The maximum absolute atomic E-state index is 10.6. The van der Waals surface area contributed by atoms with Crippen LogP contribution in [0, 0.1) is 0 Å². The number of aliphatic hydroxyl groups is 1. The number of hydrogen-bond acceptors (Lipinski definition) is 5. The first-order valence-corrected chi connectivity index (χ1v) is 10.6. The molecule has 2 aromatic heterocycles. The molecule has 30 heavy (non-hydrogen) atoms. The number of aliphatic imine (C=N–C) groups is 1. The first-order chi connectivity index (χ1) is 14.1. The zero-order valence-corrected chi connectivity index (χ0v) is 20.3. The number of anilines is 1. The Morgan fingerprint density at radius 2 is 1.97 bits per heavy atom. The van der Waals surface area contributed by atoms with Gasteiger partial charge in [0, 0.05) is 25.8 Å². The minimum atomic E-state index is -1.12. The number of furan rings is 1. The number of guanidine groups is 1. The van der Waals surface area contributed by atoms with Gasteiger partial charge in [-0.05, 0) is 50.5 Å². The van der Waals surface area contributed by atoms with Crippen LogP contribution in [0.15, 0.2) is 46.1 Å². The number of rotatable bonds is 7. The Morgan fingerprint density at radius 1 is 1.20 bits per heavy atom. The third kappa shape index (κ3) is 7.16. The molecule has 1 aliphatic rings. The maximum Gasteiger partial charge on any atom is 0.191 e. The Bertz CT molecular complexity index is 754. The van der Waals surface area contributed by atoms with E-state index in [1.54, 1.807) is 25.3 Å². The average Bonchev–Trinajstić information content (AvgIpc) is 3.15. The quantitative estimate of drug-likeness (QED) is 0.290. The Hall–Kier alpha value is -1.81. The second kappa shape index (κ2) is 12.1. The van der Waals surface area contributed by atoms with Crippen molar-refractivity contribution in [2.24, 2.45) is 4.99 Å². The summed E-state index contributed by atoms with van der Waals surface area (Å²) in [4.78, 5) is 11.7. The van der Waals surface area contributed by atoms with Crippen LogP contribution in [0.2, 0.25) is 0 Å². The highest BCUT2D eigenvalue weighted by Crippen LogP contribution is 2.20. The second-order valence-electron chi connectivity index (χ2n) is 7.73. The summed E-state index contributed by atoms with van der Waals surface area (Å²) in [7, 11) is 0. The first kappa shape index (κ1) is 24.5. The summed E-state index contributed by atoms with van der Waals surface area (Å²) in [6, 6.07) is 7.73. The van der Waals surface area contributed by atoms with E-state index in [2.05, 4.69) is 37.6 Å². The molecule has 1 aliphatic heterocycles. The zero-order valence-electron chi connectivity index (χ0n) is 17.9. The van der Waals surface area contributed by atoms with E-state index in [4.69, 9.17) is 4.42 Å². The largest absolute Gasteiger partial charge is 0.466 e. The van der Waals surface area contributed by atoms with Crippen LogP contribution >= 0.6 is 24.0 Å². The van der Waals surface area contributed by atoms with Gasteiger partial charge >= 0.3 is 0 Å². The van der Waals surface area contributed by atoms with Gasteiger partial charge in [0.15, 0.2) is 5.96 Å². The Labute approximate surface area is 196 Å². The van der Waals surface area contributed by atoms with Crippen molar-refractivity contribution >= 4 is 35.8 Å². The fraction of sp³-hybridized carbons (Fsp3) is 0.545. The molecule has 0 saturated carbocycles. The molecule has 1 fully saturated rings. The van der Waals surface area contributed by atoms with Gasteiger partial charge in [0.2, 0.25) is 0 Å². The average molecular weight is 527 g/mol. The summed E-state index contributed by atoms with van der Waals surface area (Å²) in [5.41, 5.74) is -0.0608. The predicted molar refractivity (Wildman–Crippen MR) is 131 cm³/mol. The number of hydrogen-bond donors (Lipinski definition) is 3. The smallest absolute Gasteiger partial charge is 0.191 e. The molecule has 3 rings (SSSR count). The fourth-order valence-corrected chi connectivity index (χ4v) is 3.44. The van der Waals surface area contributed by atoms with Crippen LogP contribution in [-0.4, -0.2) is 42.2 Å². The molecule has 166 valence electrons. The van der Waals surface area contributed by atoms with E-state index in [1.165, 1.54) is 25.7 Å². The minimum absolute atomic E-state index is 0. The lowest BCUT2D eigenvalue weighted by Crippen LogP contribution is -2.44. The van der Waals surface area contributed by atoms with Gasteiger partial charge in [0.1, 0.15) is 17.2 Å². The van der Waals surface area contributed by atoms with Gasteiger partial charge in [-0.25, -0.2) is 9.98 Å². The summed E-state index contributed by atoms with van der Waals surface area (Å²) in [6.07, 6.45) is 8.59. The summed E-state index contributed by atoms with van der Waals surface area (Å²) < 4.78 is 5.33. The molecule has 0 aromatic carbocycles. The molecule has 1 atom stereocenters. The van der Waals surface area contributed by atoms with Crippen LogP contribution in [0.25, 0.3) is 0 Å². The van der Waals surface area contributed by atoms with Gasteiger partial charge in [0.25, 0.3) is 0 Å². The van der Waals surface area contributed by atoms with E-state index in [-0.39, 0.29) is 24.0 Å². The summed E-state index contributed by atoms with van der Waals surface area (Å²) in [5.74, 6) is 2.23. The van der Waals surface area contributed by atoms with E-state index in [0.717, 1.165) is 31.0 Å². The van der Waals surface area contributed by atoms with Crippen LogP contribution in [0.1, 0.15) is 50.9 Å². The van der Waals surface area contributed by atoms with Crippen molar-refractivity contribution in [2.75, 3.05) is 31.1 Å². The van der Waals surface area contributed by atoms with E-state index < -0.39 is 5.60 Å². The molecule has 0 radical (unpaired) electrons. The van der Waals surface area contributed by atoms with Crippen molar-refractivity contribution < 1.29 is 9.52 Å². The van der Waals surface area contributed by atoms with Crippen LogP contribution in [0.3, 0.4) is 0 Å². The topological polar surface area (TPSA) is 85.9 Å². The second-order valence-corrected chi connectivity index (χ2v) is 7.73. The van der Waals surface area contributed by atoms with E-state index in [0.29, 0.717) is 24.8 Å². The van der Waals surface area contributed by atoms with Crippen LogP contribution in [0.4, 0.5) is 5.82 Å². The van der Waals surface area contributed by atoms with Crippen molar-refractivity contribution in [3.8, 4) is 0 Å². The summed E-state index contributed by atoms with van der Waals surface area (Å²) >= 11 is 0. The van der Waals surface area contributed by atoms with Gasteiger partial charge in [0.05, 0.1) is 19.4 Å². The molecular formula is C22H34IN5O2. The lowest BCUT2D eigenvalue weighted by atomic mass is 10.0. The van der Waals surface area contributed by atoms with Gasteiger partial charge in [-0.3, -0.25) is 0 Å². The van der Waals surface area contributed by atoms with E-state index in [9.17, 15) is 5.11 Å². The monoisotopic (exact) mass is 527 g/mol. The summed E-state index contributed by atoms with van der Waals surface area (Å²) in [6.45, 7) is 7.46. The minimum Gasteiger partial charge on any atom is -0.466 e. The number of aromatic nitrogens is 1. The number of nitrogens with zero attached hydrogens (tertiary/aromatic N) is 3. The Balaban J connectivity index is 0.00000320. The normalized spacial score (nSPS) is 16.9. The van der Waals surface area contributed by atoms with Gasteiger partial charge in [-0.1, -0.05) is 18.9 Å². The highest BCUT2D eigenvalue weighted by Gasteiger charge is 2.26. The standard InChI is InChI=1S/C22H33N5O2.HI/c1-3-23-21(26-17-22(2,28)19-9-8-14-29-19)25-16-18-10-11-20(24-15-18)27-12-6-4-5-7-13-27;/h8-11,14-15,28H,3-7,12-13,16-17H2,1-2H3,(H2,23,25,26);1H. The first-order valence-electron chi connectivity index (χ1n) is 10.6. The van der Waals surface area contributed by atoms with Crippen LogP contribution in [-0.2, 0) is 12.1 Å². The highest BCUT2D eigenvalue weighted by molar-refractivity contribution is 14.0. The molecule has 0 amide bonds. The molecular weight excluding hydrogens is 493 g/mol. The van der Waals surface area contributed by atoms with E-state index >= 15 is 0 Å². The van der Waals surface area contributed by atoms with Crippen molar-refractivity contribution in [1.29, 1.82) is 0 Å². The molecule has 0 bridgehead atoms. The third-order valence-electron chi connectivity index (χ3n) is 5.16. The number of nitrogens with one attached hydrogen (secondary N) is 2. The maximum atomic E-state index is 10.6. The lowest BCUT2D eigenvalue weighted by Gasteiger charge is -2.23. The van der Waals surface area contributed by atoms with Crippen molar-refractivity contribution in [2.45, 2.75) is 51.7 Å². The zero-order chi connectivity index (χ0) is 20.5. The highest BCUT2D eigenvalue weighted by atomic mass is 127. The molecule has 7 nitrogen and oxygen atoms in total. The molecule has 1 saturated heterocycles. The molecule has 3 N–H and O–H groups in total. The van der Waals surface area contributed by atoms with Gasteiger partial charge in [-0.15, -0.1) is 24.0 Å². The predicted octanol–water partition coefficient (Wildman–Crippen LogP) is 3.64. The van der Waals surface area contributed by atoms with Crippen LogP contribution < -0.4 is 15.5 Å². The van der Waals surface area contributed by atoms with Crippen molar-refractivity contribution in [1.82, 2.24) is 15.6 Å². The number of halogens is 1. The SMILES string of the molecule is CCNC(=NCc1ccc(N2CCCCCC2)nc1)NCC(C)(O)c1ccco1.I.